The van der Waals surface area contributed by atoms with E-state index in [1.165, 1.54) is 32.1 Å². The zero-order valence-corrected chi connectivity index (χ0v) is 5.81. The van der Waals surface area contributed by atoms with Crippen LogP contribution in [-0.4, -0.2) is 12.7 Å². The van der Waals surface area contributed by atoms with Gasteiger partial charge in [-0.05, 0) is 25.2 Å². The lowest BCUT2D eigenvalue weighted by atomic mass is 10.0. The van der Waals surface area contributed by atoms with Gasteiger partial charge in [0.15, 0.2) is 0 Å². The van der Waals surface area contributed by atoms with Crippen molar-refractivity contribution in [1.82, 2.24) is 0 Å². The van der Waals surface area contributed by atoms with Gasteiger partial charge in [0.25, 0.3) is 0 Å². The van der Waals surface area contributed by atoms with Crippen LogP contribution in [0.5, 0.6) is 0 Å². The van der Waals surface area contributed by atoms with Crippen LogP contribution in [0, 0.1) is 5.92 Å². The maximum absolute atomic E-state index is 5.56. The molecule has 0 radical (unpaired) electrons. The number of rotatable bonds is 0. The summed E-state index contributed by atoms with van der Waals surface area (Å²) in [7, 11) is 0. The van der Waals surface area contributed by atoms with Crippen LogP contribution in [0.4, 0.5) is 0 Å². The van der Waals surface area contributed by atoms with E-state index < -0.39 is 0 Å². The fraction of sp³-hybridized carbons (Fsp3) is 1.00. The van der Waals surface area contributed by atoms with Crippen LogP contribution in [0.15, 0.2) is 0 Å². The van der Waals surface area contributed by atoms with Gasteiger partial charge in [-0.3, -0.25) is 0 Å². The number of hydrogen-bond donors (Lipinski definition) is 0. The van der Waals surface area contributed by atoms with Gasteiger partial charge in [-0.25, -0.2) is 0 Å². The van der Waals surface area contributed by atoms with Crippen LogP contribution in [0.1, 0.15) is 32.1 Å². The molecule has 9 heavy (non-hydrogen) atoms. The summed E-state index contributed by atoms with van der Waals surface area (Å²) in [5.41, 5.74) is 0. The predicted molar refractivity (Wildman–Crippen MR) is 36.3 cm³/mol. The first-order chi connectivity index (χ1) is 4.45. The summed E-state index contributed by atoms with van der Waals surface area (Å²) < 4.78 is 5.56. The number of fused-ring (bicyclic) bond motifs is 2. The molecular formula is C8H14O. The molecule has 1 saturated heterocycles. The average Bonchev–Trinajstić information content (AvgIpc) is 2.09. The second-order valence-electron chi connectivity index (χ2n) is 3.34. The molecule has 2 unspecified atom stereocenters. The molecule has 1 heteroatoms. The molecule has 0 aromatic heterocycles. The summed E-state index contributed by atoms with van der Waals surface area (Å²) in [6.45, 7) is 1.06. The summed E-state index contributed by atoms with van der Waals surface area (Å²) in [5, 5.41) is 0. The summed E-state index contributed by atoms with van der Waals surface area (Å²) in [6, 6.07) is 0. The SMILES string of the molecule is C1CCC2CC(C1)CO2. The summed E-state index contributed by atoms with van der Waals surface area (Å²) in [4.78, 5) is 0. The van der Waals surface area contributed by atoms with Crippen LogP contribution < -0.4 is 0 Å². The molecule has 0 aromatic carbocycles. The fourth-order valence-corrected chi connectivity index (χ4v) is 1.99. The third-order valence-electron chi connectivity index (χ3n) is 2.55. The Bertz CT molecular complexity index is 88.7. The normalized spacial score (nSPS) is 42.7. The molecule has 52 valence electrons. The van der Waals surface area contributed by atoms with Crippen LogP contribution in [-0.2, 0) is 4.74 Å². The largest absolute Gasteiger partial charge is 0.378 e. The molecule has 1 aliphatic heterocycles. The zero-order valence-electron chi connectivity index (χ0n) is 5.81. The van der Waals surface area contributed by atoms with E-state index in [1.807, 2.05) is 0 Å². The van der Waals surface area contributed by atoms with Gasteiger partial charge in [-0.1, -0.05) is 12.8 Å². The predicted octanol–water partition coefficient (Wildman–Crippen LogP) is 1.97. The Kier molecular flexibility index (Phi) is 1.46. The Labute approximate surface area is 56.4 Å². The van der Waals surface area contributed by atoms with E-state index in [9.17, 15) is 0 Å². The van der Waals surface area contributed by atoms with Crippen molar-refractivity contribution in [3.63, 3.8) is 0 Å². The maximum atomic E-state index is 5.56. The van der Waals surface area contributed by atoms with Gasteiger partial charge in [0, 0.05) is 6.61 Å². The third kappa shape index (κ3) is 1.11. The first-order valence-corrected chi connectivity index (χ1v) is 4.07. The third-order valence-corrected chi connectivity index (χ3v) is 2.55. The molecule has 2 bridgehead atoms. The van der Waals surface area contributed by atoms with Crippen LogP contribution in [0.3, 0.4) is 0 Å². The van der Waals surface area contributed by atoms with Gasteiger partial charge >= 0.3 is 0 Å². The van der Waals surface area contributed by atoms with E-state index in [2.05, 4.69) is 0 Å². The molecule has 1 heterocycles. The second-order valence-corrected chi connectivity index (χ2v) is 3.34. The molecule has 2 atom stereocenters. The maximum Gasteiger partial charge on any atom is 0.0578 e. The van der Waals surface area contributed by atoms with Crippen molar-refractivity contribution in [2.75, 3.05) is 6.61 Å². The molecule has 1 nitrogen and oxygen atoms in total. The van der Waals surface area contributed by atoms with Crippen molar-refractivity contribution in [3.05, 3.63) is 0 Å². The smallest absolute Gasteiger partial charge is 0.0578 e. The van der Waals surface area contributed by atoms with Gasteiger partial charge in [0.2, 0.25) is 0 Å². The highest BCUT2D eigenvalue weighted by Gasteiger charge is 2.26. The summed E-state index contributed by atoms with van der Waals surface area (Å²) in [5.74, 6) is 0.928. The topological polar surface area (TPSA) is 9.23 Å². The minimum absolute atomic E-state index is 0.650. The molecule has 2 aliphatic rings. The van der Waals surface area contributed by atoms with E-state index in [0.29, 0.717) is 6.10 Å². The zero-order chi connectivity index (χ0) is 6.10. The fourth-order valence-electron chi connectivity index (χ4n) is 1.99. The Hall–Kier alpha value is -0.0400. The molecule has 1 aliphatic carbocycles. The molecule has 0 spiro atoms. The second kappa shape index (κ2) is 2.30. The van der Waals surface area contributed by atoms with E-state index in [1.54, 1.807) is 0 Å². The Morgan fingerprint density at radius 1 is 1.11 bits per heavy atom. The molecule has 2 rings (SSSR count). The van der Waals surface area contributed by atoms with Crippen molar-refractivity contribution in [2.24, 2.45) is 5.92 Å². The molecule has 2 fully saturated rings. The lowest BCUT2D eigenvalue weighted by Gasteiger charge is -2.07. The van der Waals surface area contributed by atoms with Crippen molar-refractivity contribution >= 4 is 0 Å². The minimum atomic E-state index is 0.650. The molecule has 1 saturated carbocycles. The van der Waals surface area contributed by atoms with Crippen LogP contribution in [0.25, 0.3) is 0 Å². The monoisotopic (exact) mass is 126 g/mol. The highest BCUT2D eigenvalue weighted by molar-refractivity contribution is 4.76. The molecular weight excluding hydrogens is 112 g/mol. The Balaban J connectivity index is 1.99. The summed E-state index contributed by atoms with van der Waals surface area (Å²) >= 11 is 0. The summed E-state index contributed by atoms with van der Waals surface area (Å²) in [6.07, 6.45) is 7.62. The van der Waals surface area contributed by atoms with Gasteiger partial charge in [0.1, 0.15) is 0 Å². The van der Waals surface area contributed by atoms with Gasteiger partial charge in [-0.2, -0.15) is 0 Å². The average molecular weight is 126 g/mol. The number of ether oxygens (including phenoxy) is 1. The Morgan fingerprint density at radius 3 is 3.00 bits per heavy atom. The first-order valence-electron chi connectivity index (χ1n) is 4.07. The standard InChI is InChI=1S/C8H14O/c1-2-4-8-5-7(3-1)6-9-8/h7-8H,1-6H2. The van der Waals surface area contributed by atoms with Crippen molar-refractivity contribution in [2.45, 2.75) is 38.2 Å². The highest BCUT2D eigenvalue weighted by Crippen LogP contribution is 2.31. The van der Waals surface area contributed by atoms with E-state index >= 15 is 0 Å². The van der Waals surface area contributed by atoms with Gasteiger partial charge < -0.3 is 4.74 Å². The van der Waals surface area contributed by atoms with E-state index in [-0.39, 0.29) is 0 Å². The van der Waals surface area contributed by atoms with E-state index in [4.69, 9.17) is 4.74 Å². The molecule has 0 aromatic rings. The minimum Gasteiger partial charge on any atom is -0.378 e. The van der Waals surface area contributed by atoms with Crippen molar-refractivity contribution in [1.29, 1.82) is 0 Å². The van der Waals surface area contributed by atoms with Gasteiger partial charge in [-0.15, -0.1) is 0 Å². The van der Waals surface area contributed by atoms with E-state index in [0.717, 1.165) is 12.5 Å². The number of hydrogen-bond acceptors (Lipinski definition) is 1. The molecule has 0 amide bonds. The lowest BCUT2D eigenvalue weighted by Crippen LogP contribution is -2.03. The van der Waals surface area contributed by atoms with Crippen LogP contribution >= 0.6 is 0 Å². The van der Waals surface area contributed by atoms with Gasteiger partial charge in [0.05, 0.1) is 6.10 Å². The highest BCUT2D eigenvalue weighted by atomic mass is 16.5. The molecule has 0 N–H and O–H groups in total. The lowest BCUT2D eigenvalue weighted by molar-refractivity contribution is 0.0917. The first kappa shape index (κ1) is 5.72. The quantitative estimate of drug-likeness (QED) is 0.482. The van der Waals surface area contributed by atoms with Crippen molar-refractivity contribution < 1.29 is 4.74 Å². The van der Waals surface area contributed by atoms with Crippen molar-refractivity contribution in [3.8, 4) is 0 Å². The Morgan fingerprint density at radius 2 is 2.00 bits per heavy atom. The van der Waals surface area contributed by atoms with Crippen LogP contribution in [0.2, 0.25) is 0 Å².